The average molecular weight is 323 g/mol. The predicted octanol–water partition coefficient (Wildman–Crippen LogP) is 4.38. The normalized spacial score (nSPS) is 11.8. The number of carbonyl (C=O) groups is 2. The van der Waals surface area contributed by atoms with Gasteiger partial charge in [0.1, 0.15) is 22.6 Å². The summed E-state index contributed by atoms with van der Waals surface area (Å²) < 4.78 is 10.5. The van der Waals surface area contributed by atoms with Gasteiger partial charge in [-0.25, -0.2) is 9.59 Å². The molecule has 0 saturated heterocycles. The highest BCUT2D eigenvalue weighted by Crippen LogP contribution is 2.33. The van der Waals surface area contributed by atoms with E-state index in [0.29, 0.717) is 5.56 Å². The quantitative estimate of drug-likeness (QED) is 0.830. The molecular weight excluding hydrogens is 298 g/mol. The number of imide groups is 1. The molecular formula is C17H25NO5. The van der Waals surface area contributed by atoms with Crippen molar-refractivity contribution in [1.29, 1.82) is 0 Å². The van der Waals surface area contributed by atoms with Gasteiger partial charge in [0.05, 0.1) is 0 Å². The van der Waals surface area contributed by atoms with Gasteiger partial charge in [0.2, 0.25) is 0 Å². The lowest BCUT2D eigenvalue weighted by atomic mass is 10.1. The minimum absolute atomic E-state index is 0.0519. The highest BCUT2D eigenvalue weighted by Gasteiger charge is 2.34. The lowest BCUT2D eigenvalue weighted by molar-refractivity contribution is 0.0429. The van der Waals surface area contributed by atoms with Gasteiger partial charge in [-0.15, -0.1) is 0 Å². The van der Waals surface area contributed by atoms with Gasteiger partial charge in [-0.1, -0.05) is 12.1 Å². The number of ether oxygens (including phenoxy) is 2. The molecule has 1 rings (SSSR count). The number of benzene rings is 1. The molecule has 23 heavy (non-hydrogen) atoms. The maximum absolute atomic E-state index is 12.5. The number of amides is 2. The molecule has 0 unspecified atom stereocenters. The molecule has 0 aromatic heterocycles. The lowest BCUT2D eigenvalue weighted by Gasteiger charge is -2.29. The van der Waals surface area contributed by atoms with Crippen molar-refractivity contribution in [3.63, 3.8) is 0 Å². The SMILES string of the molecule is Cc1cccc(O)c1N(C(=O)OC(C)(C)C)C(=O)OC(C)(C)C. The van der Waals surface area contributed by atoms with Gasteiger partial charge in [-0.3, -0.25) is 0 Å². The Kier molecular flexibility index (Phi) is 5.30. The third-order valence-electron chi connectivity index (χ3n) is 2.59. The van der Waals surface area contributed by atoms with Crippen LogP contribution in [0, 0.1) is 6.92 Å². The Morgan fingerprint density at radius 3 is 1.74 bits per heavy atom. The number of aryl methyl sites for hydroxylation is 1. The zero-order valence-corrected chi connectivity index (χ0v) is 14.8. The number of phenols is 1. The van der Waals surface area contributed by atoms with Crippen LogP contribution in [0.5, 0.6) is 5.75 Å². The molecule has 0 spiro atoms. The summed E-state index contributed by atoms with van der Waals surface area (Å²) in [6, 6.07) is 4.69. The summed E-state index contributed by atoms with van der Waals surface area (Å²) in [5.74, 6) is -0.207. The summed E-state index contributed by atoms with van der Waals surface area (Å²) >= 11 is 0. The number of anilines is 1. The zero-order chi connectivity index (χ0) is 18.0. The van der Waals surface area contributed by atoms with Crippen LogP contribution >= 0.6 is 0 Å². The molecule has 0 aliphatic heterocycles. The van der Waals surface area contributed by atoms with E-state index < -0.39 is 23.4 Å². The van der Waals surface area contributed by atoms with Gasteiger partial charge in [0.15, 0.2) is 0 Å². The van der Waals surface area contributed by atoms with Gasteiger partial charge in [-0.2, -0.15) is 4.90 Å². The molecule has 0 heterocycles. The van der Waals surface area contributed by atoms with Crippen LogP contribution in [0.15, 0.2) is 18.2 Å². The van der Waals surface area contributed by atoms with E-state index in [4.69, 9.17) is 9.47 Å². The predicted molar refractivity (Wildman–Crippen MR) is 87.8 cm³/mol. The van der Waals surface area contributed by atoms with E-state index in [1.807, 2.05) is 0 Å². The van der Waals surface area contributed by atoms with Gasteiger partial charge in [0.25, 0.3) is 0 Å². The van der Waals surface area contributed by atoms with E-state index in [0.717, 1.165) is 4.90 Å². The number of aromatic hydroxyl groups is 1. The summed E-state index contributed by atoms with van der Waals surface area (Å²) in [7, 11) is 0. The van der Waals surface area contributed by atoms with Crippen LogP contribution in [-0.4, -0.2) is 28.5 Å². The largest absolute Gasteiger partial charge is 0.506 e. The van der Waals surface area contributed by atoms with Crippen molar-refractivity contribution >= 4 is 17.9 Å². The summed E-state index contributed by atoms with van der Waals surface area (Å²) in [6.45, 7) is 11.8. The van der Waals surface area contributed by atoms with E-state index in [1.54, 1.807) is 60.6 Å². The summed E-state index contributed by atoms with van der Waals surface area (Å²) in [5.41, 5.74) is -0.997. The Labute approximate surface area is 137 Å². The first kappa shape index (κ1) is 18.8. The molecule has 0 fully saturated rings. The van der Waals surface area contributed by atoms with Crippen molar-refractivity contribution in [2.24, 2.45) is 0 Å². The van der Waals surface area contributed by atoms with Crippen LogP contribution in [0.1, 0.15) is 47.1 Å². The fourth-order valence-electron chi connectivity index (χ4n) is 1.81. The number of para-hydroxylation sites is 1. The van der Waals surface area contributed by atoms with Crippen LogP contribution in [0.25, 0.3) is 0 Å². The molecule has 2 amide bonds. The molecule has 0 saturated carbocycles. The third-order valence-corrected chi connectivity index (χ3v) is 2.59. The Morgan fingerprint density at radius 2 is 1.39 bits per heavy atom. The second-order valence-corrected chi connectivity index (χ2v) is 7.24. The van der Waals surface area contributed by atoms with Crippen LogP contribution < -0.4 is 4.90 Å². The number of hydrogen-bond donors (Lipinski definition) is 1. The van der Waals surface area contributed by atoms with E-state index in [9.17, 15) is 14.7 Å². The Bertz CT molecular complexity index is 548. The Balaban J connectivity index is 3.32. The van der Waals surface area contributed by atoms with Crippen molar-refractivity contribution in [1.82, 2.24) is 0 Å². The summed E-state index contributed by atoms with van der Waals surface area (Å²) in [5, 5.41) is 10.1. The maximum atomic E-state index is 12.5. The van der Waals surface area contributed by atoms with Crippen molar-refractivity contribution < 1.29 is 24.2 Å². The molecule has 0 aliphatic carbocycles. The summed E-state index contributed by atoms with van der Waals surface area (Å²) in [6.07, 6.45) is -1.81. The van der Waals surface area contributed by atoms with Crippen LogP contribution in [0.2, 0.25) is 0 Å². The van der Waals surface area contributed by atoms with Gasteiger partial charge >= 0.3 is 12.2 Å². The van der Waals surface area contributed by atoms with E-state index >= 15 is 0 Å². The average Bonchev–Trinajstić information content (AvgIpc) is 2.28. The van der Waals surface area contributed by atoms with Crippen LogP contribution in [0.4, 0.5) is 15.3 Å². The molecule has 0 radical (unpaired) electrons. The highest BCUT2D eigenvalue weighted by molar-refractivity contribution is 6.11. The number of hydrogen-bond acceptors (Lipinski definition) is 5. The van der Waals surface area contributed by atoms with Gasteiger partial charge < -0.3 is 14.6 Å². The monoisotopic (exact) mass is 323 g/mol. The van der Waals surface area contributed by atoms with E-state index in [-0.39, 0.29) is 11.4 Å². The number of phenolic OH excluding ortho intramolecular Hbond substituents is 1. The lowest BCUT2D eigenvalue weighted by Crippen LogP contribution is -2.44. The zero-order valence-electron chi connectivity index (χ0n) is 14.8. The first-order chi connectivity index (χ1) is 10.3. The van der Waals surface area contributed by atoms with Crippen molar-refractivity contribution in [3.05, 3.63) is 23.8 Å². The fraction of sp³-hybridized carbons (Fsp3) is 0.529. The standard InChI is InChI=1S/C17H25NO5/c1-11-9-8-10-12(19)13(11)18(14(20)22-16(2,3)4)15(21)23-17(5,6)7/h8-10,19H,1-7H3. The minimum Gasteiger partial charge on any atom is -0.506 e. The smallest absolute Gasteiger partial charge is 0.424 e. The molecule has 1 aromatic carbocycles. The van der Waals surface area contributed by atoms with Gasteiger partial charge in [-0.05, 0) is 60.1 Å². The molecule has 1 aromatic rings. The molecule has 0 bridgehead atoms. The van der Waals surface area contributed by atoms with E-state index in [2.05, 4.69) is 0 Å². The van der Waals surface area contributed by atoms with Crippen molar-refractivity contribution in [2.45, 2.75) is 59.7 Å². The first-order valence-electron chi connectivity index (χ1n) is 7.36. The minimum atomic E-state index is -0.906. The molecule has 6 nitrogen and oxygen atoms in total. The van der Waals surface area contributed by atoms with Crippen molar-refractivity contribution in [3.8, 4) is 5.75 Å². The maximum Gasteiger partial charge on any atom is 0.424 e. The number of rotatable bonds is 1. The second-order valence-electron chi connectivity index (χ2n) is 7.24. The second kappa shape index (κ2) is 6.48. The molecule has 6 heteroatoms. The molecule has 128 valence electrons. The molecule has 0 atom stereocenters. The van der Waals surface area contributed by atoms with Crippen molar-refractivity contribution in [2.75, 3.05) is 4.90 Å². The molecule has 0 aliphatic rings. The Hall–Kier alpha value is -2.24. The fourth-order valence-corrected chi connectivity index (χ4v) is 1.81. The topological polar surface area (TPSA) is 76.1 Å². The first-order valence-corrected chi connectivity index (χ1v) is 7.36. The molecule has 1 N–H and O–H groups in total. The third kappa shape index (κ3) is 5.47. The highest BCUT2D eigenvalue weighted by atomic mass is 16.6. The van der Waals surface area contributed by atoms with Crippen LogP contribution in [-0.2, 0) is 9.47 Å². The van der Waals surface area contributed by atoms with Crippen LogP contribution in [0.3, 0.4) is 0 Å². The summed E-state index contributed by atoms with van der Waals surface area (Å²) in [4.78, 5) is 25.7. The van der Waals surface area contributed by atoms with E-state index in [1.165, 1.54) is 6.07 Å². The number of carbonyl (C=O) groups excluding carboxylic acids is 2. The number of nitrogens with zero attached hydrogens (tertiary/aromatic N) is 1. The Morgan fingerprint density at radius 1 is 0.957 bits per heavy atom. The van der Waals surface area contributed by atoms with Gasteiger partial charge in [0, 0.05) is 0 Å².